The van der Waals surface area contributed by atoms with E-state index >= 15 is 0 Å². The Morgan fingerprint density at radius 1 is 1.50 bits per heavy atom. The van der Waals surface area contributed by atoms with Gasteiger partial charge in [-0.2, -0.15) is 0 Å². The molecule has 1 aromatic carbocycles. The number of nitrogens with zero attached hydrogens (tertiary/aromatic N) is 1. The zero-order chi connectivity index (χ0) is 12.5. The number of benzene rings is 1. The first-order valence-electron chi connectivity index (χ1n) is 6.58. The van der Waals surface area contributed by atoms with Crippen LogP contribution < -0.4 is 10.1 Å². The normalized spacial score (nSPS) is 23.1. The van der Waals surface area contributed by atoms with Gasteiger partial charge in [-0.25, -0.2) is 0 Å². The third-order valence-corrected chi connectivity index (χ3v) is 4.02. The first kappa shape index (κ1) is 12.3. The summed E-state index contributed by atoms with van der Waals surface area (Å²) in [7, 11) is 2.17. The van der Waals surface area contributed by atoms with E-state index in [-0.39, 0.29) is 0 Å². The van der Waals surface area contributed by atoms with E-state index in [1.54, 1.807) is 0 Å². The molecule has 4 heteroatoms. The molecular weight excluding hydrogens is 248 g/mol. The molecule has 0 saturated carbocycles. The minimum absolute atomic E-state index is 0.589. The van der Waals surface area contributed by atoms with Crippen molar-refractivity contribution < 1.29 is 4.74 Å². The average molecular weight is 267 g/mol. The predicted octanol–water partition coefficient (Wildman–Crippen LogP) is 2.07. The highest BCUT2D eigenvalue weighted by Gasteiger charge is 2.21. The number of fused-ring (bicyclic) bond motifs is 1. The zero-order valence-corrected chi connectivity index (χ0v) is 11.5. The second-order valence-corrected chi connectivity index (χ2v) is 5.72. The van der Waals surface area contributed by atoms with Gasteiger partial charge in [-0.05, 0) is 37.7 Å². The fourth-order valence-corrected chi connectivity index (χ4v) is 3.10. The van der Waals surface area contributed by atoms with Crippen LogP contribution in [0.25, 0.3) is 0 Å². The molecule has 1 unspecified atom stereocenters. The van der Waals surface area contributed by atoms with Crippen LogP contribution in [-0.4, -0.2) is 37.7 Å². The van der Waals surface area contributed by atoms with Gasteiger partial charge in [-0.1, -0.05) is 11.6 Å². The number of rotatable bonds is 3. The van der Waals surface area contributed by atoms with E-state index in [1.165, 1.54) is 24.1 Å². The van der Waals surface area contributed by atoms with Gasteiger partial charge < -0.3 is 15.0 Å². The maximum absolute atomic E-state index is 6.16. The van der Waals surface area contributed by atoms with Crippen LogP contribution >= 0.6 is 11.6 Å². The lowest BCUT2D eigenvalue weighted by molar-refractivity contribution is 0.350. The number of hydrogen-bond acceptors (Lipinski definition) is 3. The molecule has 2 aliphatic rings. The zero-order valence-electron chi connectivity index (χ0n) is 10.7. The van der Waals surface area contributed by atoms with Crippen LogP contribution in [0.2, 0.25) is 5.02 Å². The lowest BCUT2D eigenvalue weighted by Gasteiger charge is -2.15. The van der Waals surface area contributed by atoms with E-state index < -0.39 is 0 Å². The van der Waals surface area contributed by atoms with Gasteiger partial charge in [0, 0.05) is 36.1 Å². The van der Waals surface area contributed by atoms with Gasteiger partial charge in [-0.15, -0.1) is 0 Å². The van der Waals surface area contributed by atoms with Crippen molar-refractivity contribution in [1.29, 1.82) is 0 Å². The second kappa shape index (κ2) is 5.08. The summed E-state index contributed by atoms with van der Waals surface area (Å²) < 4.78 is 5.71. The number of likely N-dealkylation sites (tertiary alicyclic amines) is 1. The summed E-state index contributed by atoms with van der Waals surface area (Å²) in [5, 5.41) is 4.42. The van der Waals surface area contributed by atoms with Gasteiger partial charge in [0.15, 0.2) is 0 Å². The summed E-state index contributed by atoms with van der Waals surface area (Å²) in [6.45, 7) is 3.95. The van der Waals surface area contributed by atoms with Crippen LogP contribution in [0.4, 0.5) is 0 Å². The Morgan fingerprint density at radius 3 is 3.17 bits per heavy atom. The molecule has 0 radical (unpaired) electrons. The molecule has 1 saturated heterocycles. The van der Waals surface area contributed by atoms with Crippen LogP contribution in [-0.2, 0) is 13.0 Å². The van der Waals surface area contributed by atoms with Crippen LogP contribution in [0.15, 0.2) is 12.1 Å². The van der Waals surface area contributed by atoms with Gasteiger partial charge in [0.05, 0.1) is 6.61 Å². The van der Waals surface area contributed by atoms with Gasteiger partial charge in [0.25, 0.3) is 0 Å². The van der Waals surface area contributed by atoms with Crippen molar-refractivity contribution in [2.45, 2.75) is 25.4 Å². The molecule has 0 amide bonds. The Hall–Kier alpha value is -0.770. The summed E-state index contributed by atoms with van der Waals surface area (Å²) in [6, 6.07) is 4.64. The Morgan fingerprint density at radius 2 is 2.39 bits per heavy atom. The number of hydrogen-bond donors (Lipinski definition) is 1. The Bertz CT molecular complexity index is 450. The van der Waals surface area contributed by atoms with Crippen LogP contribution in [0, 0.1) is 0 Å². The molecule has 0 spiro atoms. The van der Waals surface area contributed by atoms with Crippen molar-refractivity contribution in [3.05, 3.63) is 28.3 Å². The van der Waals surface area contributed by atoms with Crippen molar-refractivity contribution >= 4 is 11.6 Å². The molecule has 18 heavy (non-hydrogen) atoms. The van der Waals surface area contributed by atoms with Gasteiger partial charge in [0.1, 0.15) is 5.75 Å². The molecule has 2 heterocycles. The molecule has 98 valence electrons. The number of nitrogens with one attached hydrogen (secondary N) is 1. The topological polar surface area (TPSA) is 24.5 Å². The third kappa shape index (κ3) is 2.48. The first-order chi connectivity index (χ1) is 8.72. The van der Waals surface area contributed by atoms with Crippen LogP contribution in [0.3, 0.4) is 0 Å². The minimum Gasteiger partial charge on any atom is -0.493 e. The predicted molar refractivity (Wildman–Crippen MR) is 73.4 cm³/mol. The molecule has 3 nitrogen and oxygen atoms in total. The molecule has 0 aromatic heterocycles. The molecule has 1 aromatic rings. The smallest absolute Gasteiger partial charge is 0.127 e. The summed E-state index contributed by atoms with van der Waals surface area (Å²) in [5.74, 6) is 1.05. The lowest BCUT2D eigenvalue weighted by Crippen LogP contribution is -2.31. The highest BCUT2D eigenvalue weighted by molar-refractivity contribution is 6.30. The van der Waals surface area contributed by atoms with Crippen molar-refractivity contribution in [3.8, 4) is 5.75 Å². The Kier molecular flexibility index (Phi) is 3.46. The fraction of sp³-hybridized carbons (Fsp3) is 0.571. The van der Waals surface area contributed by atoms with E-state index in [0.717, 1.165) is 36.9 Å². The Balaban J connectivity index is 1.69. The Labute approximate surface area is 113 Å². The summed E-state index contributed by atoms with van der Waals surface area (Å²) in [6.07, 6.45) is 2.20. The number of ether oxygens (including phenoxy) is 1. The third-order valence-electron chi connectivity index (χ3n) is 3.80. The largest absolute Gasteiger partial charge is 0.493 e. The van der Waals surface area contributed by atoms with Crippen molar-refractivity contribution in [2.24, 2.45) is 0 Å². The van der Waals surface area contributed by atoms with E-state index in [9.17, 15) is 0 Å². The minimum atomic E-state index is 0.589. The average Bonchev–Trinajstić information content (AvgIpc) is 2.94. The van der Waals surface area contributed by atoms with Gasteiger partial charge in [0.2, 0.25) is 0 Å². The number of likely N-dealkylation sites (N-methyl/N-ethyl adjacent to an activating group) is 1. The highest BCUT2D eigenvalue weighted by Crippen LogP contribution is 2.32. The van der Waals surface area contributed by atoms with E-state index in [4.69, 9.17) is 16.3 Å². The second-order valence-electron chi connectivity index (χ2n) is 5.28. The fourth-order valence-electron chi connectivity index (χ4n) is 2.83. The standard InChI is InChI=1S/C14H19ClN2O/c1-17-4-2-13(9-17)16-8-11-7-12(15)6-10-3-5-18-14(10)11/h6-7,13,16H,2-5,8-9H2,1H3. The van der Waals surface area contributed by atoms with Gasteiger partial charge >= 0.3 is 0 Å². The maximum Gasteiger partial charge on any atom is 0.127 e. The molecule has 1 fully saturated rings. The van der Waals surface area contributed by atoms with Crippen molar-refractivity contribution in [2.75, 3.05) is 26.7 Å². The lowest BCUT2D eigenvalue weighted by atomic mass is 10.1. The molecule has 0 bridgehead atoms. The quantitative estimate of drug-likeness (QED) is 0.907. The van der Waals surface area contributed by atoms with E-state index in [2.05, 4.69) is 17.3 Å². The van der Waals surface area contributed by atoms with Crippen LogP contribution in [0.5, 0.6) is 5.75 Å². The first-order valence-corrected chi connectivity index (χ1v) is 6.96. The van der Waals surface area contributed by atoms with Crippen LogP contribution in [0.1, 0.15) is 17.5 Å². The van der Waals surface area contributed by atoms with E-state index in [1.807, 2.05) is 12.1 Å². The molecule has 3 rings (SSSR count). The molecule has 2 aliphatic heterocycles. The molecule has 0 aliphatic carbocycles. The monoisotopic (exact) mass is 266 g/mol. The SMILES string of the molecule is CN1CCC(NCc2cc(Cl)cc3c2OCC3)C1. The molecular formula is C14H19ClN2O. The maximum atomic E-state index is 6.16. The van der Waals surface area contributed by atoms with Crippen molar-refractivity contribution in [1.82, 2.24) is 10.2 Å². The van der Waals surface area contributed by atoms with Crippen molar-refractivity contribution in [3.63, 3.8) is 0 Å². The van der Waals surface area contributed by atoms with Gasteiger partial charge in [-0.3, -0.25) is 0 Å². The summed E-state index contributed by atoms with van der Waals surface area (Å²) in [4.78, 5) is 2.36. The highest BCUT2D eigenvalue weighted by atomic mass is 35.5. The number of halogens is 1. The summed E-state index contributed by atoms with van der Waals surface area (Å²) in [5.41, 5.74) is 2.45. The van der Waals surface area contributed by atoms with E-state index in [0.29, 0.717) is 6.04 Å². The molecule has 1 atom stereocenters. The summed E-state index contributed by atoms with van der Waals surface area (Å²) >= 11 is 6.16. The molecule has 1 N–H and O–H groups in total.